The van der Waals surface area contributed by atoms with E-state index in [9.17, 15) is 4.79 Å². The maximum absolute atomic E-state index is 11.9. The summed E-state index contributed by atoms with van der Waals surface area (Å²) in [5, 5.41) is 6.42. The molecule has 106 valence electrons. The molecule has 0 spiro atoms. The minimum atomic E-state index is 0.159. The van der Waals surface area contributed by atoms with Crippen molar-refractivity contribution in [1.82, 2.24) is 15.5 Å². The van der Waals surface area contributed by atoms with Crippen LogP contribution in [0.5, 0.6) is 0 Å². The fraction of sp³-hybridized carbons (Fsp3) is 0.929. The Morgan fingerprint density at radius 2 is 2.06 bits per heavy atom. The Balaban J connectivity index is 2.33. The molecular formula is C14H29N3O. The molecule has 1 amide bonds. The lowest BCUT2D eigenvalue weighted by atomic mass is 9.94. The van der Waals surface area contributed by atoms with Gasteiger partial charge in [0, 0.05) is 25.2 Å². The van der Waals surface area contributed by atoms with Gasteiger partial charge in [0.25, 0.3) is 0 Å². The average molecular weight is 255 g/mol. The SMILES string of the molecule is CNC1CCN(CC(=O)NC(C)C(C)C)CC1C. The van der Waals surface area contributed by atoms with Crippen LogP contribution in [-0.4, -0.2) is 49.6 Å². The van der Waals surface area contributed by atoms with Crippen molar-refractivity contribution in [3.63, 3.8) is 0 Å². The molecule has 0 aromatic heterocycles. The first kappa shape index (κ1) is 15.4. The van der Waals surface area contributed by atoms with E-state index in [1.165, 1.54) is 0 Å². The lowest BCUT2D eigenvalue weighted by Crippen LogP contribution is -2.50. The van der Waals surface area contributed by atoms with Crippen molar-refractivity contribution in [3.05, 3.63) is 0 Å². The third-order valence-electron chi connectivity index (χ3n) is 4.12. The van der Waals surface area contributed by atoms with Crippen molar-refractivity contribution in [2.45, 2.75) is 46.2 Å². The second kappa shape index (κ2) is 7.10. The van der Waals surface area contributed by atoms with E-state index in [0.717, 1.165) is 19.5 Å². The van der Waals surface area contributed by atoms with Gasteiger partial charge in [0.15, 0.2) is 0 Å². The van der Waals surface area contributed by atoms with Crippen LogP contribution in [0.2, 0.25) is 0 Å². The number of carbonyl (C=O) groups excluding carboxylic acids is 1. The summed E-state index contributed by atoms with van der Waals surface area (Å²) in [4.78, 5) is 14.2. The first-order valence-electron chi connectivity index (χ1n) is 7.13. The predicted octanol–water partition coefficient (Wildman–Crippen LogP) is 1.08. The van der Waals surface area contributed by atoms with Crippen LogP contribution in [0.1, 0.15) is 34.1 Å². The van der Waals surface area contributed by atoms with Crippen LogP contribution >= 0.6 is 0 Å². The minimum Gasteiger partial charge on any atom is -0.352 e. The molecule has 4 nitrogen and oxygen atoms in total. The van der Waals surface area contributed by atoms with E-state index in [4.69, 9.17) is 0 Å². The Hall–Kier alpha value is -0.610. The molecule has 4 heteroatoms. The molecule has 1 heterocycles. The first-order valence-corrected chi connectivity index (χ1v) is 7.13. The number of likely N-dealkylation sites (tertiary alicyclic amines) is 1. The van der Waals surface area contributed by atoms with Crippen molar-refractivity contribution in [3.8, 4) is 0 Å². The van der Waals surface area contributed by atoms with E-state index in [2.05, 4.69) is 43.2 Å². The van der Waals surface area contributed by atoms with Gasteiger partial charge in [-0.2, -0.15) is 0 Å². The van der Waals surface area contributed by atoms with Gasteiger partial charge in [-0.25, -0.2) is 0 Å². The van der Waals surface area contributed by atoms with Crippen LogP contribution < -0.4 is 10.6 Å². The summed E-state index contributed by atoms with van der Waals surface area (Å²) in [6, 6.07) is 0.851. The summed E-state index contributed by atoms with van der Waals surface area (Å²) in [5.41, 5.74) is 0. The molecule has 0 bridgehead atoms. The first-order chi connectivity index (χ1) is 8.43. The maximum atomic E-state index is 11.9. The zero-order chi connectivity index (χ0) is 13.7. The quantitative estimate of drug-likeness (QED) is 0.772. The van der Waals surface area contributed by atoms with Crippen LogP contribution in [0.15, 0.2) is 0 Å². The third kappa shape index (κ3) is 4.58. The average Bonchev–Trinajstić information content (AvgIpc) is 2.28. The summed E-state index contributed by atoms with van der Waals surface area (Å²) in [7, 11) is 2.02. The Labute approximate surface area is 111 Å². The fourth-order valence-corrected chi connectivity index (χ4v) is 2.47. The van der Waals surface area contributed by atoms with E-state index in [-0.39, 0.29) is 11.9 Å². The van der Waals surface area contributed by atoms with Crippen LogP contribution in [0.3, 0.4) is 0 Å². The molecule has 3 unspecified atom stereocenters. The molecular weight excluding hydrogens is 226 g/mol. The number of hydrogen-bond acceptors (Lipinski definition) is 3. The van der Waals surface area contributed by atoms with Gasteiger partial charge in [0.2, 0.25) is 5.91 Å². The highest BCUT2D eigenvalue weighted by molar-refractivity contribution is 5.78. The van der Waals surface area contributed by atoms with Crippen molar-refractivity contribution in [2.24, 2.45) is 11.8 Å². The molecule has 1 saturated heterocycles. The summed E-state index contributed by atoms with van der Waals surface area (Å²) in [6.07, 6.45) is 1.13. The molecule has 1 aliphatic rings. The normalized spacial score (nSPS) is 27.2. The van der Waals surface area contributed by atoms with E-state index < -0.39 is 0 Å². The highest BCUT2D eigenvalue weighted by atomic mass is 16.2. The van der Waals surface area contributed by atoms with Crippen LogP contribution in [0, 0.1) is 11.8 Å². The number of hydrogen-bond donors (Lipinski definition) is 2. The van der Waals surface area contributed by atoms with Crippen LogP contribution in [0.4, 0.5) is 0 Å². The van der Waals surface area contributed by atoms with Crippen LogP contribution in [0.25, 0.3) is 0 Å². The smallest absolute Gasteiger partial charge is 0.234 e. The second-order valence-corrected chi connectivity index (χ2v) is 6.00. The molecule has 18 heavy (non-hydrogen) atoms. The predicted molar refractivity (Wildman–Crippen MR) is 75.5 cm³/mol. The van der Waals surface area contributed by atoms with Gasteiger partial charge in [0.05, 0.1) is 6.54 Å². The molecule has 1 rings (SSSR count). The maximum Gasteiger partial charge on any atom is 0.234 e. The zero-order valence-electron chi connectivity index (χ0n) is 12.5. The summed E-state index contributed by atoms with van der Waals surface area (Å²) in [6.45, 7) is 11.1. The Bertz CT molecular complexity index is 268. The molecule has 3 atom stereocenters. The van der Waals surface area contributed by atoms with Gasteiger partial charge in [-0.1, -0.05) is 20.8 Å². The van der Waals surface area contributed by atoms with Crippen LogP contribution in [-0.2, 0) is 4.79 Å². The monoisotopic (exact) mass is 255 g/mol. The van der Waals surface area contributed by atoms with Crippen molar-refractivity contribution >= 4 is 5.91 Å². The molecule has 2 N–H and O–H groups in total. The standard InChI is InChI=1S/C14H29N3O/c1-10(2)12(4)16-14(18)9-17-7-6-13(15-5)11(3)8-17/h10-13,15H,6-9H2,1-5H3,(H,16,18). The largest absolute Gasteiger partial charge is 0.352 e. The van der Waals surface area contributed by atoms with Crippen molar-refractivity contribution < 1.29 is 4.79 Å². The van der Waals surface area contributed by atoms with E-state index in [1.807, 2.05) is 7.05 Å². The number of nitrogens with one attached hydrogen (secondary N) is 2. The molecule has 0 saturated carbocycles. The highest BCUT2D eigenvalue weighted by Crippen LogP contribution is 2.16. The molecule has 1 aliphatic heterocycles. The van der Waals surface area contributed by atoms with Gasteiger partial charge < -0.3 is 10.6 Å². The molecule has 0 aromatic carbocycles. The third-order valence-corrected chi connectivity index (χ3v) is 4.12. The van der Waals surface area contributed by atoms with Gasteiger partial charge in [-0.15, -0.1) is 0 Å². The fourth-order valence-electron chi connectivity index (χ4n) is 2.47. The van der Waals surface area contributed by atoms with Gasteiger partial charge in [-0.3, -0.25) is 9.69 Å². The molecule has 0 aliphatic carbocycles. The van der Waals surface area contributed by atoms with Gasteiger partial charge >= 0.3 is 0 Å². The summed E-state index contributed by atoms with van der Waals surface area (Å²) in [5.74, 6) is 1.26. The lowest BCUT2D eigenvalue weighted by molar-refractivity contribution is -0.123. The van der Waals surface area contributed by atoms with E-state index in [1.54, 1.807) is 0 Å². The number of amides is 1. The number of nitrogens with zero attached hydrogens (tertiary/aromatic N) is 1. The zero-order valence-corrected chi connectivity index (χ0v) is 12.5. The molecule has 0 aromatic rings. The van der Waals surface area contributed by atoms with E-state index in [0.29, 0.717) is 24.4 Å². The second-order valence-electron chi connectivity index (χ2n) is 6.00. The van der Waals surface area contributed by atoms with Crippen molar-refractivity contribution in [2.75, 3.05) is 26.7 Å². The lowest BCUT2D eigenvalue weighted by Gasteiger charge is -2.36. The number of rotatable bonds is 5. The van der Waals surface area contributed by atoms with E-state index >= 15 is 0 Å². The van der Waals surface area contributed by atoms with Gasteiger partial charge in [0.1, 0.15) is 0 Å². The van der Waals surface area contributed by atoms with Gasteiger partial charge in [-0.05, 0) is 32.2 Å². The Morgan fingerprint density at radius 3 is 2.56 bits per heavy atom. The number of carbonyl (C=O) groups is 1. The van der Waals surface area contributed by atoms with Crippen molar-refractivity contribution in [1.29, 1.82) is 0 Å². The highest BCUT2D eigenvalue weighted by Gasteiger charge is 2.26. The molecule has 0 radical (unpaired) electrons. The topological polar surface area (TPSA) is 44.4 Å². The Morgan fingerprint density at radius 1 is 1.39 bits per heavy atom. The summed E-state index contributed by atoms with van der Waals surface area (Å²) >= 11 is 0. The summed E-state index contributed by atoms with van der Waals surface area (Å²) < 4.78 is 0. The molecule has 1 fully saturated rings. The Kier molecular flexibility index (Phi) is 6.09. The minimum absolute atomic E-state index is 0.159. The number of piperidine rings is 1.